The van der Waals surface area contributed by atoms with Crippen molar-refractivity contribution >= 4 is 43.1 Å². The molecule has 0 aliphatic rings. The first-order chi connectivity index (χ1) is 25.8. The number of fused-ring (bicyclic) bond motifs is 4. The van der Waals surface area contributed by atoms with Crippen molar-refractivity contribution in [3.63, 3.8) is 0 Å². The quantitative estimate of drug-likeness (QED) is 0.173. The first-order valence-corrected chi connectivity index (χ1v) is 18.0. The van der Waals surface area contributed by atoms with Crippen molar-refractivity contribution in [3.05, 3.63) is 206 Å². The second-order valence-corrected chi connectivity index (χ2v) is 13.6. The van der Waals surface area contributed by atoms with E-state index in [1.165, 1.54) is 98.7 Å². The Morgan fingerprint density at radius 3 is 0.538 bits per heavy atom. The summed E-state index contributed by atoms with van der Waals surface area (Å²) in [6, 6.07) is 75.4. The van der Waals surface area contributed by atoms with Crippen molar-refractivity contribution in [2.75, 3.05) is 0 Å². The molecule has 10 rings (SSSR count). The van der Waals surface area contributed by atoms with Gasteiger partial charge in [0, 0.05) is 0 Å². The van der Waals surface area contributed by atoms with Crippen LogP contribution in [0.1, 0.15) is 0 Å². The van der Waals surface area contributed by atoms with E-state index >= 15 is 0 Å². The van der Waals surface area contributed by atoms with Crippen molar-refractivity contribution < 1.29 is 0 Å². The summed E-state index contributed by atoms with van der Waals surface area (Å²) < 4.78 is 0. The summed E-state index contributed by atoms with van der Waals surface area (Å²) in [6.45, 7) is 0. The number of rotatable bonds is 5. The predicted octanol–water partition coefficient (Wildman–Crippen LogP) is 14.6. The van der Waals surface area contributed by atoms with Crippen LogP contribution in [0.25, 0.3) is 98.7 Å². The van der Waals surface area contributed by atoms with Gasteiger partial charge in [-0.05, 0) is 98.7 Å². The molecule has 0 saturated heterocycles. The van der Waals surface area contributed by atoms with Crippen LogP contribution < -0.4 is 0 Å². The highest BCUT2D eigenvalue weighted by Crippen LogP contribution is 2.44. The van der Waals surface area contributed by atoms with E-state index in [0.717, 1.165) is 0 Å². The highest BCUT2D eigenvalue weighted by molar-refractivity contribution is 6.16. The third-order valence-corrected chi connectivity index (χ3v) is 10.7. The minimum atomic E-state index is 1.24. The lowest BCUT2D eigenvalue weighted by molar-refractivity contribution is 1.63. The number of hydrogen-bond donors (Lipinski definition) is 0. The van der Waals surface area contributed by atoms with Crippen LogP contribution in [-0.4, -0.2) is 0 Å². The maximum absolute atomic E-state index is 2.34. The zero-order valence-electron chi connectivity index (χ0n) is 28.6. The fourth-order valence-electron chi connectivity index (χ4n) is 8.34. The maximum Gasteiger partial charge on any atom is -0.00987 e. The Labute approximate surface area is 303 Å². The van der Waals surface area contributed by atoms with Gasteiger partial charge < -0.3 is 0 Å². The molecule has 10 aromatic rings. The zero-order chi connectivity index (χ0) is 34.4. The van der Waals surface area contributed by atoms with Crippen molar-refractivity contribution in [1.29, 1.82) is 0 Å². The molecule has 0 spiro atoms. The van der Waals surface area contributed by atoms with Gasteiger partial charge in [0.25, 0.3) is 0 Å². The third kappa shape index (κ3) is 4.92. The molecule has 0 amide bonds. The Morgan fingerprint density at radius 2 is 0.308 bits per heavy atom. The van der Waals surface area contributed by atoms with Gasteiger partial charge in [-0.15, -0.1) is 0 Å². The molecule has 10 aromatic carbocycles. The van der Waals surface area contributed by atoms with Crippen molar-refractivity contribution in [3.8, 4) is 55.6 Å². The first kappa shape index (κ1) is 30.1. The molecule has 0 aliphatic carbocycles. The van der Waals surface area contributed by atoms with Crippen LogP contribution in [0, 0.1) is 0 Å². The smallest absolute Gasteiger partial charge is 0.00987 e. The normalized spacial score (nSPS) is 11.5. The van der Waals surface area contributed by atoms with E-state index in [4.69, 9.17) is 0 Å². The van der Waals surface area contributed by atoms with E-state index in [2.05, 4.69) is 206 Å². The summed E-state index contributed by atoms with van der Waals surface area (Å²) in [5.41, 5.74) is 12.5. The van der Waals surface area contributed by atoms with Crippen LogP contribution in [-0.2, 0) is 0 Å². The Bertz CT molecular complexity index is 2730. The predicted molar refractivity (Wildman–Crippen MR) is 224 cm³/mol. The average molecular weight is 659 g/mol. The van der Waals surface area contributed by atoms with E-state index < -0.39 is 0 Å². The van der Waals surface area contributed by atoms with Gasteiger partial charge in [-0.2, -0.15) is 0 Å². The second-order valence-electron chi connectivity index (χ2n) is 13.6. The van der Waals surface area contributed by atoms with Crippen LogP contribution in [0.4, 0.5) is 0 Å². The Kier molecular flexibility index (Phi) is 7.25. The van der Waals surface area contributed by atoms with Gasteiger partial charge in [-0.25, -0.2) is 0 Å². The highest BCUT2D eigenvalue weighted by atomic mass is 14.2. The Hall–Kier alpha value is -6.76. The summed E-state index contributed by atoms with van der Waals surface area (Å²) >= 11 is 0. The summed E-state index contributed by atoms with van der Waals surface area (Å²) in [5.74, 6) is 0. The molecule has 242 valence electrons. The zero-order valence-corrected chi connectivity index (χ0v) is 28.6. The van der Waals surface area contributed by atoms with Gasteiger partial charge in [0.2, 0.25) is 0 Å². The van der Waals surface area contributed by atoms with E-state index in [0.29, 0.717) is 0 Å². The van der Waals surface area contributed by atoms with Crippen molar-refractivity contribution in [2.45, 2.75) is 0 Å². The van der Waals surface area contributed by atoms with Gasteiger partial charge >= 0.3 is 0 Å². The lowest BCUT2D eigenvalue weighted by Crippen LogP contribution is -1.91. The average Bonchev–Trinajstić information content (AvgIpc) is 3.23. The summed E-state index contributed by atoms with van der Waals surface area (Å²) in [6.07, 6.45) is 0. The molecule has 0 atom stereocenters. The summed E-state index contributed by atoms with van der Waals surface area (Å²) in [7, 11) is 0. The van der Waals surface area contributed by atoms with Crippen molar-refractivity contribution in [1.82, 2.24) is 0 Å². The maximum atomic E-state index is 2.34. The minimum Gasteiger partial charge on any atom is -0.0622 e. The molecule has 0 fully saturated rings. The highest BCUT2D eigenvalue weighted by Gasteiger charge is 2.17. The lowest BCUT2D eigenvalue weighted by Gasteiger charge is -2.18. The molecule has 0 heteroatoms. The topological polar surface area (TPSA) is 0 Å². The van der Waals surface area contributed by atoms with Crippen molar-refractivity contribution in [2.24, 2.45) is 0 Å². The molecular weight excluding hydrogens is 625 g/mol. The van der Waals surface area contributed by atoms with E-state index in [9.17, 15) is 0 Å². The SMILES string of the molecule is c1ccc(-c2ccc(-c3ccc(-c4ccc(-c5ccc(-c6ccccc6)c6ccccc56)c5ccccc45)c4ccccc34)c3ccccc23)cc1. The van der Waals surface area contributed by atoms with Crippen LogP contribution in [0.2, 0.25) is 0 Å². The van der Waals surface area contributed by atoms with Gasteiger partial charge in [0.1, 0.15) is 0 Å². The minimum absolute atomic E-state index is 1.24. The standard InChI is InChI=1S/C52H34/c1-3-15-35(16-4-1)37-27-29-47(41-21-9-7-19-39(37)41)49-31-33-51(45-25-13-11-23-43(45)49)52-34-32-50(44-24-12-14-26-46(44)52)48-30-28-38(36-17-5-2-6-18-36)40-20-8-10-22-42(40)48/h1-34H. The lowest BCUT2D eigenvalue weighted by atomic mass is 9.85. The molecule has 0 heterocycles. The third-order valence-electron chi connectivity index (χ3n) is 10.7. The van der Waals surface area contributed by atoms with Crippen LogP contribution in [0.5, 0.6) is 0 Å². The molecular formula is C52H34. The fourth-order valence-corrected chi connectivity index (χ4v) is 8.34. The van der Waals surface area contributed by atoms with Gasteiger partial charge in [-0.1, -0.05) is 206 Å². The molecule has 0 unspecified atom stereocenters. The van der Waals surface area contributed by atoms with E-state index in [-0.39, 0.29) is 0 Å². The molecule has 0 aromatic heterocycles. The van der Waals surface area contributed by atoms with Gasteiger partial charge in [0.05, 0.1) is 0 Å². The van der Waals surface area contributed by atoms with Crippen LogP contribution in [0.3, 0.4) is 0 Å². The van der Waals surface area contributed by atoms with Crippen LogP contribution >= 0.6 is 0 Å². The first-order valence-electron chi connectivity index (χ1n) is 18.0. The van der Waals surface area contributed by atoms with Crippen LogP contribution in [0.15, 0.2) is 206 Å². The van der Waals surface area contributed by atoms with Gasteiger partial charge in [-0.3, -0.25) is 0 Å². The number of hydrogen-bond acceptors (Lipinski definition) is 0. The molecule has 52 heavy (non-hydrogen) atoms. The second kappa shape index (κ2) is 12.5. The molecule has 0 N–H and O–H groups in total. The largest absolute Gasteiger partial charge is 0.0622 e. The molecule has 0 nitrogen and oxygen atoms in total. The molecule has 0 saturated carbocycles. The Balaban J connectivity index is 1.15. The summed E-state index contributed by atoms with van der Waals surface area (Å²) in [5, 5.41) is 10.1. The molecule has 0 radical (unpaired) electrons. The number of benzene rings is 10. The molecule has 0 bridgehead atoms. The van der Waals surface area contributed by atoms with E-state index in [1.54, 1.807) is 0 Å². The monoisotopic (exact) mass is 658 g/mol. The Morgan fingerprint density at radius 1 is 0.135 bits per heavy atom. The van der Waals surface area contributed by atoms with E-state index in [1.807, 2.05) is 0 Å². The molecule has 0 aliphatic heterocycles. The van der Waals surface area contributed by atoms with Gasteiger partial charge in [0.15, 0.2) is 0 Å². The fraction of sp³-hybridized carbons (Fsp3) is 0. The summed E-state index contributed by atoms with van der Waals surface area (Å²) in [4.78, 5) is 0.